The van der Waals surface area contributed by atoms with E-state index in [9.17, 15) is 0 Å². The van der Waals surface area contributed by atoms with Gasteiger partial charge in [0, 0.05) is 41.1 Å². The maximum absolute atomic E-state index is 8.06. The fourth-order valence-corrected chi connectivity index (χ4v) is 0.312. The normalized spacial score (nSPS) is 56.6. The molecule has 0 rings (SSSR count). The molecule has 0 aliphatic carbocycles. The molecule has 0 aliphatic heterocycles. The first kappa shape index (κ1) is 1.28. The second kappa shape index (κ2) is 13.0. The smallest absolute Gasteiger partial charge is 0.0267 e. The molecule has 0 aromatic carbocycles. The Morgan fingerprint density at radius 1 is 0.571 bits per heavy atom. The molecule has 14 heavy (non-hydrogen) atoms. The molecule has 0 saturated carbocycles. The minimum atomic E-state index is -4.98. The quantitative estimate of drug-likeness (QED) is 0.425. The second-order valence-corrected chi connectivity index (χ2v) is 1.50. The van der Waals surface area contributed by atoms with Gasteiger partial charge in [-0.2, -0.15) is 0 Å². The minimum absolute atomic E-state index is 4.06. The fraction of sp³-hybridized carbons (Fsp3) is 1.00. The number of hydrogen-bond acceptors (Lipinski definition) is 0. The van der Waals surface area contributed by atoms with Crippen LogP contribution in [0.2, 0.25) is 0 Å². The van der Waals surface area contributed by atoms with Crippen LogP contribution in [0.1, 0.15) is 131 Å². The van der Waals surface area contributed by atoms with Gasteiger partial charge in [0.05, 0.1) is 0 Å². The average molecular weight is 229 g/mol. The fourth-order valence-electron chi connectivity index (χ4n) is 0.312. The Kier molecular flexibility index (Phi) is 1.19. The first-order valence-corrected chi connectivity index (χ1v) is 3.25. The van der Waals surface area contributed by atoms with Crippen molar-refractivity contribution in [1.82, 2.24) is 0 Å². The number of hydrogen-bond donors (Lipinski definition) is 0. The summed E-state index contributed by atoms with van der Waals surface area (Å²) in [7, 11) is 0. The molecule has 0 aliphatic rings. The van der Waals surface area contributed by atoms with Crippen molar-refractivity contribution >= 4 is 0 Å². The van der Waals surface area contributed by atoms with Crippen LogP contribution in [0.5, 0.6) is 0 Å². The van der Waals surface area contributed by atoms with Crippen LogP contribution >= 0.6 is 0 Å². The van der Waals surface area contributed by atoms with E-state index in [4.69, 9.17) is 41.1 Å². The van der Waals surface area contributed by atoms with E-state index >= 15 is 0 Å². The van der Waals surface area contributed by atoms with E-state index in [0.717, 1.165) is 0 Å². The van der Waals surface area contributed by atoms with Gasteiger partial charge in [0.1, 0.15) is 0 Å². The van der Waals surface area contributed by atoms with Gasteiger partial charge in [0.25, 0.3) is 0 Å². The molecule has 0 aromatic heterocycles. The van der Waals surface area contributed by atoms with Gasteiger partial charge in [0.2, 0.25) is 0 Å². The maximum Gasteiger partial charge on any atom is 0.0267 e. The van der Waals surface area contributed by atoms with Crippen molar-refractivity contribution < 1.29 is 41.1 Å². The van der Waals surface area contributed by atoms with E-state index in [2.05, 4.69) is 0 Å². The van der Waals surface area contributed by atoms with Crippen molar-refractivity contribution in [3.63, 3.8) is 0 Å². The molecule has 0 aromatic rings. The Balaban J connectivity index is 7.52. The lowest BCUT2D eigenvalue weighted by atomic mass is 10.1. The van der Waals surface area contributed by atoms with Gasteiger partial charge in [-0.1, -0.05) is 90.2 Å². The highest BCUT2D eigenvalue weighted by Gasteiger charge is 1.91. The standard InChI is InChI=1S/C14H30/c1-3-5-7-9-11-13-14-12-10-8-6-4-2/h3-14H2,1-2H3/i1D3,2D3,3D2,4D2,5D2,6D2,7D2,8D2,9D2,10D2,11D2,12D2,13D2,14D2. The molecule has 0 radical (unpaired) electrons. The van der Waals surface area contributed by atoms with Gasteiger partial charge in [-0.3, -0.25) is 0 Å². The topological polar surface area (TPSA) is 0 Å². The summed E-state index contributed by atoms with van der Waals surface area (Å²) in [6.45, 7) is -8.11. The first-order chi connectivity index (χ1) is 18.2. The van der Waals surface area contributed by atoms with Crippen molar-refractivity contribution in [3.8, 4) is 0 Å². The van der Waals surface area contributed by atoms with E-state index in [1.165, 1.54) is 0 Å². The summed E-state index contributed by atoms with van der Waals surface area (Å²) < 4.78 is 233. The molecule has 0 heterocycles. The predicted molar refractivity (Wildman–Crippen MR) is 66.8 cm³/mol. The average Bonchev–Trinajstić information content (AvgIpc) is 2.75. The third-order valence-electron chi connectivity index (χ3n) is 0.688. The summed E-state index contributed by atoms with van der Waals surface area (Å²) in [4.78, 5) is 0. The molecule has 0 bridgehead atoms. The van der Waals surface area contributed by atoms with Crippen LogP contribution in [0.4, 0.5) is 0 Å². The molecule has 0 N–H and O–H groups in total. The van der Waals surface area contributed by atoms with Crippen LogP contribution in [-0.2, 0) is 0 Å². The van der Waals surface area contributed by atoms with Gasteiger partial charge >= 0.3 is 0 Å². The van der Waals surface area contributed by atoms with Crippen LogP contribution in [0.15, 0.2) is 0 Å². The lowest BCUT2D eigenvalue weighted by Crippen LogP contribution is -1.81. The minimum Gasteiger partial charge on any atom is -0.0654 e. The summed E-state index contributed by atoms with van der Waals surface area (Å²) in [5, 5.41) is 0. The van der Waals surface area contributed by atoms with Crippen LogP contribution < -0.4 is 0 Å². The molecule has 86 valence electrons. The predicted octanol–water partition coefficient (Wildman–Crippen LogP) is 5.71. The SMILES string of the molecule is [2H]C([2H])([2H])C([2H])([2H])C([2H])([2H])C([2H])([2H])C([2H])([2H])C([2H])([2H])C([2H])([2H])C([2H])([2H])C([2H])([2H])C([2H])([2H])C([2H])([2H])C([2H])([2H])C([2H])([2H])C([2H])([2H])[2H]. The second-order valence-electron chi connectivity index (χ2n) is 1.50. The third-order valence-corrected chi connectivity index (χ3v) is 0.688. The first-order valence-electron chi connectivity index (χ1n) is 18.2. The Hall–Kier alpha value is 0. The highest BCUT2D eigenvalue weighted by atomic mass is 14.0. The lowest BCUT2D eigenvalue weighted by Gasteiger charge is -2.01. The zero-order chi connectivity index (χ0) is 37.0. The van der Waals surface area contributed by atoms with Crippen LogP contribution in [0, 0.1) is 0 Å². The lowest BCUT2D eigenvalue weighted by molar-refractivity contribution is 0.548. The molecule has 0 spiro atoms. The van der Waals surface area contributed by atoms with E-state index in [-0.39, 0.29) is 0 Å². The molecule has 0 heteroatoms. The summed E-state index contributed by atoms with van der Waals surface area (Å²) in [5.74, 6) is 0. The zero-order valence-electron chi connectivity index (χ0n) is 37.0. The van der Waals surface area contributed by atoms with E-state index < -0.39 is 90.2 Å². The van der Waals surface area contributed by atoms with Crippen LogP contribution in [-0.4, -0.2) is 0 Å². The maximum atomic E-state index is 8.06. The monoisotopic (exact) mass is 228 g/mol. The van der Waals surface area contributed by atoms with Crippen molar-refractivity contribution in [2.24, 2.45) is 0 Å². The van der Waals surface area contributed by atoms with Gasteiger partial charge in [-0.25, -0.2) is 0 Å². The number of rotatable bonds is 11. The van der Waals surface area contributed by atoms with Gasteiger partial charge in [0.15, 0.2) is 0 Å². The largest absolute Gasteiger partial charge is 0.0654 e. The summed E-state index contributed by atoms with van der Waals surface area (Å²) in [6.07, 6.45) is -57.0. The highest BCUT2D eigenvalue weighted by Crippen LogP contribution is 2.11. The van der Waals surface area contributed by atoms with Crippen molar-refractivity contribution in [1.29, 1.82) is 0 Å². The van der Waals surface area contributed by atoms with Crippen LogP contribution in [0.25, 0.3) is 0 Å². The molecule has 0 atom stereocenters. The van der Waals surface area contributed by atoms with E-state index in [0.29, 0.717) is 0 Å². The Labute approximate surface area is 134 Å². The molecular weight excluding hydrogens is 168 g/mol. The summed E-state index contributed by atoms with van der Waals surface area (Å²) >= 11 is 0. The summed E-state index contributed by atoms with van der Waals surface area (Å²) in [6, 6.07) is 0. The van der Waals surface area contributed by atoms with E-state index in [1.54, 1.807) is 0 Å². The van der Waals surface area contributed by atoms with Gasteiger partial charge in [-0.05, 0) is 0 Å². The Morgan fingerprint density at radius 3 is 1.14 bits per heavy atom. The van der Waals surface area contributed by atoms with E-state index in [1.807, 2.05) is 0 Å². The highest BCUT2D eigenvalue weighted by molar-refractivity contribution is 4.47. The Bertz CT molecular complexity index is 963. The van der Waals surface area contributed by atoms with Crippen molar-refractivity contribution in [2.75, 3.05) is 0 Å². The molecule has 0 saturated heterocycles. The summed E-state index contributed by atoms with van der Waals surface area (Å²) in [5.41, 5.74) is 0. The molecule has 0 unspecified atom stereocenters. The van der Waals surface area contributed by atoms with Crippen LogP contribution in [0.3, 0.4) is 0 Å². The molecule has 0 amide bonds. The van der Waals surface area contributed by atoms with Crippen molar-refractivity contribution in [3.05, 3.63) is 0 Å². The molecule has 0 nitrogen and oxygen atoms in total. The molecular formula is C14H30. The zero-order valence-corrected chi connectivity index (χ0v) is 7.00. The molecule has 0 fully saturated rings. The van der Waals surface area contributed by atoms with Gasteiger partial charge in [-0.15, -0.1) is 0 Å². The van der Waals surface area contributed by atoms with Gasteiger partial charge < -0.3 is 0 Å². The van der Waals surface area contributed by atoms with Crippen molar-refractivity contribution in [2.45, 2.75) is 90.2 Å². The Morgan fingerprint density at radius 2 is 0.857 bits per heavy atom. The third kappa shape index (κ3) is 12.0.